The van der Waals surface area contributed by atoms with Gasteiger partial charge in [-0.05, 0) is 47.9 Å². The van der Waals surface area contributed by atoms with E-state index >= 15 is 0 Å². The molecule has 1 aliphatic heterocycles. The van der Waals surface area contributed by atoms with Crippen LogP contribution in [-0.2, 0) is 11.2 Å². The number of nitrogens with zero attached hydrogens (tertiary/aromatic N) is 1. The number of fused-ring (bicyclic) bond motifs is 1. The molecule has 1 N–H and O–H groups in total. The Labute approximate surface area is 180 Å². The Morgan fingerprint density at radius 2 is 1.81 bits per heavy atom. The van der Waals surface area contributed by atoms with Crippen LogP contribution in [0.15, 0.2) is 72.8 Å². The normalized spacial score (nSPS) is 13.4. The van der Waals surface area contributed by atoms with Crippen molar-refractivity contribution in [3.05, 3.63) is 95.3 Å². The molecule has 0 radical (unpaired) electrons. The number of benzene rings is 3. The molecule has 158 valence electrons. The van der Waals surface area contributed by atoms with Crippen LogP contribution >= 0.6 is 0 Å². The number of anilines is 1. The molecule has 1 unspecified atom stereocenters. The quantitative estimate of drug-likeness (QED) is 0.650. The molecule has 2 amide bonds. The maximum atomic E-state index is 13.9. The second-order valence-electron chi connectivity index (χ2n) is 7.44. The zero-order chi connectivity index (χ0) is 21.8. The van der Waals surface area contributed by atoms with Gasteiger partial charge in [-0.3, -0.25) is 9.59 Å². The highest BCUT2D eigenvalue weighted by Crippen LogP contribution is 2.29. The van der Waals surface area contributed by atoms with E-state index in [-0.39, 0.29) is 24.2 Å². The van der Waals surface area contributed by atoms with Crippen molar-refractivity contribution in [3.8, 4) is 5.75 Å². The van der Waals surface area contributed by atoms with E-state index in [0.717, 1.165) is 16.8 Å². The van der Waals surface area contributed by atoms with Crippen LogP contribution in [0.4, 0.5) is 10.1 Å². The summed E-state index contributed by atoms with van der Waals surface area (Å²) in [5.74, 6) is -0.575. The Morgan fingerprint density at radius 1 is 1.06 bits per heavy atom. The summed E-state index contributed by atoms with van der Waals surface area (Å²) in [4.78, 5) is 26.5. The summed E-state index contributed by atoms with van der Waals surface area (Å²) >= 11 is 0. The molecule has 0 aliphatic carbocycles. The predicted molar refractivity (Wildman–Crippen MR) is 117 cm³/mol. The molecule has 0 saturated carbocycles. The van der Waals surface area contributed by atoms with Crippen LogP contribution in [0.5, 0.6) is 5.75 Å². The minimum atomic E-state index is -0.463. The summed E-state index contributed by atoms with van der Waals surface area (Å²) < 4.78 is 19.6. The smallest absolute Gasteiger partial charge is 0.251 e. The van der Waals surface area contributed by atoms with Crippen molar-refractivity contribution >= 4 is 17.5 Å². The third-order valence-corrected chi connectivity index (χ3v) is 5.37. The van der Waals surface area contributed by atoms with Crippen LogP contribution in [0.25, 0.3) is 0 Å². The number of hydrogen-bond donors (Lipinski definition) is 1. The van der Waals surface area contributed by atoms with Crippen LogP contribution in [0.3, 0.4) is 0 Å². The topological polar surface area (TPSA) is 58.6 Å². The lowest BCUT2D eigenvalue weighted by Gasteiger charge is -2.20. The van der Waals surface area contributed by atoms with E-state index in [1.165, 1.54) is 13.0 Å². The molecule has 4 rings (SSSR count). The van der Waals surface area contributed by atoms with E-state index in [2.05, 4.69) is 5.32 Å². The highest BCUT2D eigenvalue weighted by Gasteiger charge is 2.24. The summed E-state index contributed by atoms with van der Waals surface area (Å²) in [6, 6.07) is 20.5. The van der Waals surface area contributed by atoms with Crippen molar-refractivity contribution in [1.82, 2.24) is 5.32 Å². The van der Waals surface area contributed by atoms with E-state index in [4.69, 9.17) is 4.74 Å². The van der Waals surface area contributed by atoms with Gasteiger partial charge in [-0.25, -0.2) is 4.39 Å². The molecule has 3 aromatic carbocycles. The number of nitrogens with one attached hydrogen (secondary N) is 1. The van der Waals surface area contributed by atoms with Gasteiger partial charge in [0.05, 0.1) is 6.04 Å². The Balaban J connectivity index is 1.52. The first-order chi connectivity index (χ1) is 15.0. The Morgan fingerprint density at radius 3 is 2.55 bits per heavy atom. The molecule has 6 heteroatoms. The molecule has 1 atom stereocenters. The van der Waals surface area contributed by atoms with Crippen molar-refractivity contribution in [2.75, 3.05) is 18.1 Å². The van der Waals surface area contributed by atoms with Crippen LogP contribution in [0, 0.1) is 5.82 Å². The highest BCUT2D eigenvalue weighted by atomic mass is 19.1. The van der Waals surface area contributed by atoms with Gasteiger partial charge < -0.3 is 15.0 Å². The monoisotopic (exact) mass is 418 g/mol. The molecule has 3 aromatic rings. The molecule has 0 aromatic heterocycles. The summed E-state index contributed by atoms with van der Waals surface area (Å²) in [6.45, 7) is 2.24. The third kappa shape index (κ3) is 4.58. The maximum Gasteiger partial charge on any atom is 0.251 e. The van der Waals surface area contributed by atoms with Gasteiger partial charge in [0.15, 0.2) is 11.6 Å². The molecule has 5 nitrogen and oxygen atoms in total. The Bertz CT molecular complexity index is 1100. The minimum Gasteiger partial charge on any atom is -0.488 e. The van der Waals surface area contributed by atoms with E-state index in [1.807, 2.05) is 42.5 Å². The Hall–Kier alpha value is -3.67. The molecule has 0 bridgehead atoms. The van der Waals surface area contributed by atoms with Gasteiger partial charge in [0.1, 0.15) is 6.61 Å². The standard InChI is InChI=1S/C25H23FN2O3/c1-17(29)28-14-13-19-15-20(11-12-23(19)28)25(30)27-22(18-7-3-2-4-8-18)16-31-24-10-6-5-9-21(24)26/h2-12,15,22H,13-14,16H2,1H3,(H,27,30). The largest absolute Gasteiger partial charge is 0.488 e. The molecule has 0 fully saturated rings. The summed E-state index contributed by atoms with van der Waals surface area (Å²) in [5, 5.41) is 3.00. The van der Waals surface area contributed by atoms with Gasteiger partial charge >= 0.3 is 0 Å². The first-order valence-corrected chi connectivity index (χ1v) is 10.2. The molecular formula is C25H23FN2O3. The number of rotatable bonds is 6. The van der Waals surface area contributed by atoms with Crippen molar-refractivity contribution in [3.63, 3.8) is 0 Å². The van der Waals surface area contributed by atoms with Gasteiger partial charge in [0.2, 0.25) is 5.91 Å². The van der Waals surface area contributed by atoms with Crippen molar-refractivity contribution in [1.29, 1.82) is 0 Å². The third-order valence-electron chi connectivity index (χ3n) is 5.37. The van der Waals surface area contributed by atoms with Crippen molar-refractivity contribution in [2.24, 2.45) is 0 Å². The maximum absolute atomic E-state index is 13.9. The first kappa shape index (κ1) is 20.6. The summed E-state index contributed by atoms with van der Waals surface area (Å²) in [5.41, 5.74) is 3.19. The van der Waals surface area contributed by atoms with E-state index < -0.39 is 11.9 Å². The fourth-order valence-corrected chi connectivity index (χ4v) is 3.75. The van der Waals surface area contributed by atoms with Crippen LogP contribution in [0.2, 0.25) is 0 Å². The number of ether oxygens (including phenoxy) is 1. The van der Waals surface area contributed by atoms with Crippen molar-refractivity contribution in [2.45, 2.75) is 19.4 Å². The number of carbonyl (C=O) groups excluding carboxylic acids is 2. The van der Waals surface area contributed by atoms with Crippen LogP contribution < -0.4 is 15.0 Å². The molecule has 0 saturated heterocycles. The minimum absolute atomic E-state index is 0.00890. The fraction of sp³-hybridized carbons (Fsp3) is 0.200. The number of carbonyl (C=O) groups is 2. The van der Waals surface area contributed by atoms with Crippen LogP contribution in [0.1, 0.15) is 34.5 Å². The van der Waals surface area contributed by atoms with Gasteiger partial charge in [0, 0.05) is 24.7 Å². The molecule has 1 heterocycles. The number of halogens is 1. The number of para-hydroxylation sites is 1. The average molecular weight is 418 g/mol. The van der Waals surface area contributed by atoms with Gasteiger partial charge in [-0.2, -0.15) is 0 Å². The molecular weight excluding hydrogens is 395 g/mol. The second kappa shape index (κ2) is 9.00. The summed E-state index contributed by atoms with van der Waals surface area (Å²) in [6.07, 6.45) is 0.717. The second-order valence-corrected chi connectivity index (χ2v) is 7.44. The van der Waals surface area contributed by atoms with Crippen LogP contribution in [-0.4, -0.2) is 25.0 Å². The lowest BCUT2D eigenvalue weighted by atomic mass is 10.1. The Kier molecular flexibility index (Phi) is 5.98. The van der Waals surface area contributed by atoms with Gasteiger partial charge in [0.25, 0.3) is 5.91 Å². The van der Waals surface area contributed by atoms with E-state index in [1.54, 1.807) is 29.2 Å². The highest BCUT2D eigenvalue weighted by molar-refractivity contribution is 5.98. The lowest BCUT2D eigenvalue weighted by Crippen LogP contribution is -2.32. The van der Waals surface area contributed by atoms with E-state index in [9.17, 15) is 14.0 Å². The zero-order valence-electron chi connectivity index (χ0n) is 17.2. The van der Waals surface area contributed by atoms with Gasteiger partial charge in [-0.15, -0.1) is 0 Å². The summed E-state index contributed by atoms with van der Waals surface area (Å²) in [7, 11) is 0. The number of hydrogen-bond acceptors (Lipinski definition) is 3. The first-order valence-electron chi connectivity index (χ1n) is 10.2. The van der Waals surface area contributed by atoms with Crippen molar-refractivity contribution < 1.29 is 18.7 Å². The molecule has 1 aliphatic rings. The fourth-order valence-electron chi connectivity index (χ4n) is 3.75. The van der Waals surface area contributed by atoms with E-state index in [0.29, 0.717) is 18.5 Å². The van der Waals surface area contributed by atoms with Gasteiger partial charge in [-0.1, -0.05) is 42.5 Å². The SMILES string of the molecule is CC(=O)N1CCc2cc(C(=O)NC(COc3ccccc3F)c3ccccc3)ccc21. The average Bonchev–Trinajstić information content (AvgIpc) is 3.21. The lowest BCUT2D eigenvalue weighted by molar-refractivity contribution is -0.116. The molecule has 31 heavy (non-hydrogen) atoms. The predicted octanol–water partition coefficient (Wildman–Crippen LogP) is 4.28. The number of amides is 2. The zero-order valence-corrected chi connectivity index (χ0v) is 17.2. The molecule has 0 spiro atoms.